The number of nitrogens with one attached hydrogen (secondary N) is 1. The molecule has 0 aliphatic carbocycles. The van der Waals surface area contributed by atoms with Gasteiger partial charge in [0, 0.05) is 17.1 Å². The molecule has 0 aliphatic heterocycles. The van der Waals surface area contributed by atoms with Gasteiger partial charge in [-0.2, -0.15) is 0 Å². The molecule has 0 radical (unpaired) electrons. The Hall–Kier alpha value is -1.75. The molecule has 0 amide bonds. The van der Waals surface area contributed by atoms with Gasteiger partial charge >= 0.3 is 0 Å². The van der Waals surface area contributed by atoms with E-state index in [0.717, 1.165) is 12.3 Å². The molecule has 2 rings (SSSR count). The standard InChI is InChI=1S/C10H4ClF2NO2/c11-10(16)9(15)4-3-14-6-2-1-5(12)8(13)7(4)6/h1-3,14H. The van der Waals surface area contributed by atoms with Gasteiger partial charge in [-0.05, 0) is 23.7 Å². The summed E-state index contributed by atoms with van der Waals surface area (Å²) in [5, 5.41) is -1.51. The van der Waals surface area contributed by atoms with Crippen LogP contribution in [-0.4, -0.2) is 16.0 Å². The van der Waals surface area contributed by atoms with Gasteiger partial charge in [-0.15, -0.1) is 0 Å². The molecule has 0 spiro atoms. The van der Waals surface area contributed by atoms with Crippen LogP contribution < -0.4 is 0 Å². The van der Waals surface area contributed by atoms with E-state index in [1.165, 1.54) is 6.07 Å². The Kier molecular flexibility index (Phi) is 2.47. The van der Waals surface area contributed by atoms with E-state index >= 15 is 0 Å². The Morgan fingerprint density at radius 1 is 1.25 bits per heavy atom. The minimum Gasteiger partial charge on any atom is -0.360 e. The number of halogens is 3. The summed E-state index contributed by atoms with van der Waals surface area (Å²) in [5.74, 6) is -3.35. The largest absolute Gasteiger partial charge is 0.360 e. The van der Waals surface area contributed by atoms with Gasteiger partial charge in [-0.3, -0.25) is 9.59 Å². The van der Waals surface area contributed by atoms with Crippen molar-refractivity contribution in [2.45, 2.75) is 0 Å². The van der Waals surface area contributed by atoms with Crippen molar-refractivity contribution in [3.8, 4) is 0 Å². The monoisotopic (exact) mass is 243 g/mol. The predicted octanol–water partition coefficient (Wildman–Crippen LogP) is 2.39. The number of Topliss-reactive ketones (excluding diaryl/α,β-unsaturated/α-hetero) is 1. The van der Waals surface area contributed by atoms with Crippen molar-refractivity contribution in [1.82, 2.24) is 4.98 Å². The number of hydrogen-bond donors (Lipinski definition) is 1. The molecule has 0 saturated carbocycles. The van der Waals surface area contributed by atoms with Crippen molar-refractivity contribution in [2.75, 3.05) is 0 Å². The number of benzene rings is 1. The molecule has 1 aromatic heterocycles. The smallest absolute Gasteiger partial charge is 0.293 e. The molecular formula is C10H4ClF2NO2. The van der Waals surface area contributed by atoms with Crippen molar-refractivity contribution in [1.29, 1.82) is 0 Å². The van der Waals surface area contributed by atoms with Crippen LogP contribution in [0, 0.1) is 11.6 Å². The van der Waals surface area contributed by atoms with Gasteiger partial charge in [-0.25, -0.2) is 8.78 Å². The highest BCUT2D eigenvalue weighted by atomic mass is 35.5. The van der Waals surface area contributed by atoms with E-state index < -0.39 is 22.7 Å². The fourth-order valence-electron chi connectivity index (χ4n) is 1.44. The molecule has 0 atom stereocenters. The third kappa shape index (κ3) is 1.49. The summed E-state index contributed by atoms with van der Waals surface area (Å²) in [4.78, 5) is 24.5. The average Bonchev–Trinajstić information content (AvgIpc) is 2.66. The van der Waals surface area contributed by atoms with Gasteiger partial charge in [0.2, 0.25) is 5.78 Å². The summed E-state index contributed by atoms with van der Waals surface area (Å²) in [6.45, 7) is 0. The maximum absolute atomic E-state index is 13.4. The molecule has 16 heavy (non-hydrogen) atoms. The Bertz CT molecular complexity index is 606. The molecule has 82 valence electrons. The number of rotatable bonds is 2. The van der Waals surface area contributed by atoms with Crippen LogP contribution in [0.2, 0.25) is 0 Å². The number of carbonyl (C=O) groups excluding carboxylic acids is 2. The van der Waals surface area contributed by atoms with E-state index in [-0.39, 0.29) is 16.5 Å². The SMILES string of the molecule is O=C(Cl)C(=O)c1c[nH]c2ccc(F)c(F)c12. The van der Waals surface area contributed by atoms with Crippen molar-refractivity contribution in [2.24, 2.45) is 0 Å². The summed E-state index contributed by atoms with van der Waals surface area (Å²) in [7, 11) is 0. The molecule has 0 bridgehead atoms. The number of aromatic amines is 1. The van der Waals surface area contributed by atoms with Crippen LogP contribution >= 0.6 is 11.6 Å². The van der Waals surface area contributed by atoms with E-state index in [1.54, 1.807) is 0 Å². The zero-order valence-electron chi connectivity index (χ0n) is 7.68. The van der Waals surface area contributed by atoms with Gasteiger partial charge in [0.05, 0.1) is 5.56 Å². The molecule has 2 aromatic rings. The highest BCUT2D eigenvalue weighted by Crippen LogP contribution is 2.24. The lowest BCUT2D eigenvalue weighted by atomic mass is 10.1. The van der Waals surface area contributed by atoms with Crippen LogP contribution in [0.5, 0.6) is 0 Å². The summed E-state index contributed by atoms with van der Waals surface area (Å²) >= 11 is 4.99. The average molecular weight is 244 g/mol. The number of ketones is 1. The lowest BCUT2D eigenvalue weighted by molar-refractivity contribution is -0.108. The van der Waals surface area contributed by atoms with Gasteiger partial charge in [-0.1, -0.05) is 0 Å². The lowest BCUT2D eigenvalue weighted by Gasteiger charge is -1.97. The Morgan fingerprint density at radius 3 is 2.56 bits per heavy atom. The fourth-order valence-corrected chi connectivity index (χ4v) is 1.54. The van der Waals surface area contributed by atoms with Gasteiger partial charge in [0.15, 0.2) is 11.6 Å². The molecule has 1 heterocycles. The Labute approximate surface area is 93.0 Å². The minimum absolute atomic E-state index is 0.222. The second-order valence-corrected chi connectivity index (χ2v) is 3.43. The molecule has 1 aromatic carbocycles. The number of carbonyl (C=O) groups is 2. The summed E-state index contributed by atoms with van der Waals surface area (Å²) < 4.78 is 26.4. The third-order valence-electron chi connectivity index (χ3n) is 2.16. The summed E-state index contributed by atoms with van der Waals surface area (Å²) in [5.41, 5.74) is -0.0489. The summed E-state index contributed by atoms with van der Waals surface area (Å²) in [6.07, 6.45) is 1.12. The molecule has 3 nitrogen and oxygen atoms in total. The predicted molar refractivity (Wildman–Crippen MR) is 53.4 cm³/mol. The fraction of sp³-hybridized carbons (Fsp3) is 0. The molecule has 0 aliphatic rings. The highest BCUT2D eigenvalue weighted by Gasteiger charge is 2.21. The van der Waals surface area contributed by atoms with Crippen LogP contribution in [-0.2, 0) is 4.79 Å². The molecular weight excluding hydrogens is 240 g/mol. The number of aromatic nitrogens is 1. The summed E-state index contributed by atoms with van der Waals surface area (Å²) in [6, 6.07) is 2.19. The molecule has 6 heteroatoms. The first-order chi connectivity index (χ1) is 7.52. The number of H-pyrrole nitrogens is 1. The molecule has 0 unspecified atom stereocenters. The minimum atomic E-state index is -1.25. The molecule has 0 fully saturated rings. The number of fused-ring (bicyclic) bond motifs is 1. The van der Waals surface area contributed by atoms with Crippen LogP contribution in [0.3, 0.4) is 0 Å². The molecule has 0 saturated heterocycles. The van der Waals surface area contributed by atoms with Crippen molar-refractivity contribution in [3.63, 3.8) is 0 Å². The lowest BCUT2D eigenvalue weighted by Crippen LogP contribution is -2.07. The Balaban J connectivity index is 2.77. The van der Waals surface area contributed by atoms with Crippen LogP contribution in [0.4, 0.5) is 8.78 Å². The van der Waals surface area contributed by atoms with Crippen LogP contribution in [0.15, 0.2) is 18.3 Å². The van der Waals surface area contributed by atoms with Crippen molar-refractivity contribution >= 4 is 33.5 Å². The van der Waals surface area contributed by atoms with E-state index in [2.05, 4.69) is 4.98 Å². The van der Waals surface area contributed by atoms with E-state index in [9.17, 15) is 18.4 Å². The first kappa shape index (κ1) is 10.8. The van der Waals surface area contributed by atoms with Crippen LogP contribution in [0.1, 0.15) is 10.4 Å². The van der Waals surface area contributed by atoms with Gasteiger partial charge in [0.1, 0.15) is 0 Å². The topological polar surface area (TPSA) is 49.9 Å². The maximum Gasteiger partial charge on any atom is 0.293 e. The normalized spacial score (nSPS) is 10.7. The van der Waals surface area contributed by atoms with E-state index in [0.29, 0.717) is 0 Å². The first-order valence-corrected chi connectivity index (χ1v) is 4.59. The Morgan fingerprint density at radius 2 is 1.94 bits per heavy atom. The maximum atomic E-state index is 13.4. The van der Waals surface area contributed by atoms with E-state index in [4.69, 9.17) is 11.6 Å². The quantitative estimate of drug-likeness (QED) is 0.500. The van der Waals surface area contributed by atoms with Gasteiger partial charge in [0.25, 0.3) is 5.24 Å². The zero-order valence-corrected chi connectivity index (χ0v) is 8.44. The van der Waals surface area contributed by atoms with Gasteiger partial charge < -0.3 is 4.98 Å². The van der Waals surface area contributed by atoms with Crippen molar-refractivity contribution < 1.29 is 18.4 Å². The number of hydrogen-bond acceptors (Lipinski definition) is 2. The highest BCUT2D eigenvalue weighted by molar-refractivity contribution is 6.83. The van der Waals surface area contributed by atoms with E-state index in [1.807, 2.05) is 0 Å². The second-order valence-electron chi connectivity index (χ2n) is 3.09. The van der Waals surface area contributed by atoms with Crippen LogP contribution in [0.25, 0.3) is 10.9 Å². The molecule has 1 N–H and O–H groups in total. The second kappa shape index (κ2) is 3.68. The zero-order chi connectivity index (χ0) is 11.9. The third-order valence-corrected chi connectivity index (χ3v) is 2.33. The van der Waals surface area contributed by atoms with Crippen molar-refractivity contribution in [3.05, 3.63) is 35.5 Å². The first-order valence-electron chi connectivity index (χ1n) is 4.21.